The Morgan fingerprint density at radius 2 is 1.86 bits per heavy atom. The molecule has 0 bridgehead atoms. The summed E-state index contributed by atoms with van der Waals surface area (Å²) in [4.78, 5) is 0. The van der Waals surface area contributed by atoms with Gasteiger partial charge in [0.25, 0.3) is 0 Å². The molecule has 3 heteroatoms. The Morgan fingerprint density at radius 1 is 1.05 bits per heavy atom. The number of hydrogen-bond acceptors (Lipinski definition) is 2. The number of nitrogens with zero attached hydrogens (tertiary/aromatic N) is 2. The van der Waals surface area contributed by atoms with Crippen LogP contribution in [0, 0.1) is 0 Å². The van der Waals surface area contributed by atoms with Gasteiger partial charge in [-0.1, -0.05) is 42.5 Å². The topological polar surface area (TPSA) is 43.8 Å². The van der Waals surface area contributed by atoms with E-state index in [-0.39, 0.29) is 12.1 Å². The third-order valence-electron chi connectivity index (χ3n) is 4.59. The molecule has 3 aromatic rings. The van der Waals surface area contributed by atoms with E-state index in [1.807, 2.05) is 6.20 Å². The van der Waals surface area contributed by atoms with Gasteiger partial charge in [0.2, 0.25) is 0 Å². The van der Waals surface area contributed by atoms with Gasteiger partial charge in [-0.3, -0.25) is 4.68 Å². The molecule has 1 aliphatic rings. The molecule has 0 saturated carbocycles. The van der Waals surface area contributed by atoms with Crippen molar-refractivity contribution < 1.29 is 0 Å². The molecular weight excluding hydrogens is 258 g/mol. The molecule has 0 saturated heterocycles. The highest BCUT2D eigenvalue weighted by Crippen LogP contribution is 2.35. The van der Waals surface area contributed by atoms with Crippen LogP contribution in [-0.2, 0) is 6.42 Å². The fraction of sp³-hybridized carbons (Fsp3) is 0.278. The maximum atomic E-state index is 6.61. The highest BCUT2D eigenvalue weighted by molar-refractivity contribution is 5.78. The second kappa shape index (κ2) is 5.01. The average Bonchev–Trinajstić information content (AvgIpc) is 2.88. The zero-order valence-electron chi connectivity index (χ0n) is 11.9. The molecule has 4 rings (SSSR count). The summed E-state index contributed by atoms with van der Waals surface area (Å²) in [5.74, 6) is 0. The largest absolute Gasteiger partial charge is 0.322 e. The number of rotatable bonds is 1. The van der Waals surface area contributed by atoms with E-state index < -0.39 is 0 Å². The molecule has 0 radical (unpaired) electrons. The van der Waals surface area contributed by atoms with Crippen molar-refractivity contribution >= 4 is 10.9 Å². The van der Waals surface area contributed by atoms with Crippen molar-refractivity contribution in [3.05, 3.63) is 65.9 Å². The van der Waals surface area contributed by atoms with Gasteiger partial charge in [0.15, 0.2) is 0 Å². The summed E-state index contributed by atoms with van der Waals surface area (Å²) in [6.07, 6.45) is 5.28. The molecule has 2 unspecified atom stereocenters. The van der Waals surface area contributed by atoms with E-state index in [9.17, 15) is 0 Å². The molecule has 0 fully saturated rings. The van der Waals surface area contributed by atoms with Gasteiger partial charge >= 0.3 is 0 Å². The van der Waals surface area contributed by atoms with Gasteiger partial charge in [-0.2, -0.15) is 5.10 Å². The quantitative estimate of drug-likeness (QED) is 0.690. The smallest absolute Gasteiger partial charge is 0.0719 e. The Morgan fingerprint density at radius 3 is 2.81 bits per heavy atom. The van der Waals surface area contributed by atoms with E-state index in [2.05, 4.69) is 58.3 Å². The molecule has 3 nitrogen and oxygen atoms in total. The summed E-state index contributed by atoms with van der Waals surface area (Å²) in [5, 5.41) is 5.80. The van der Waals surface area contributed by atoms with Crippen LogP contribution in [0.2, 0.25) is 0 Å². The molecule has 0 aliphatic heterocycles. The zero-order chi connectivity index (χ0) is 14.2. The Kier molecular flexibility index (Phi) is 3.00. The van der Waals surface area contributed by atoms with Gasteiger partial charge < -0.3 is 5.73 Å². The predicted octanol–water partition coefficient (Wildman–Crippen LogP) is 3.61. The minimum absolute atomic E-state index is 0.00649. The number of fused-ring (bicyclic) bond motifs is 2. The summed E-state index contributed by atoms with van der Waals surface area (Å²) < 4.78 is 2.13. The van der Waals surface area contributed by atoms with Crippen molar-refractivity contribution in [3.8, 4) is 0 Å². The summed E-state index contributed by atoms with van der Waals surface area (Å²) >= 11 is 0. The summed E-state index contributed by atoms with van der Waals surface area (Å²) in [7, 11) is 0. The van der Waals surface area contributed by atoms with Gasteiger partial charge in [-0.05, 0) is 36.5 Å². The number of nitrogens with two attached hydrogens (primary N) is 1. The first kappa shape index (κ1) is 12.6. The second-order valence-corrected chi connectivity index (χ2v) is 5.83. The highest BCUT2D eigenvalue weighted by atomic mass is 15.3. The number of aromatic nitrogens is 2. The van der Waals surface area contributed by atoms with Crippen LogP contribution in [0.4, 0.5) is 0 Å². The van der Waals surface area contributed by atoms with E-state index >= 15 is 0 Å². The summed E-state index contributed by atoms with van der Waals surface area (Å²) in [6.45, 7) is 0. The third kappa shape index (κ3) is 2.05. The highest BCUT2D eigenvalue weighted by Gasteiger charge is 2.27. The third-order valence-corrected chi connectivity index (χ3v) is 4.59. The Bertz CT molecular complexity index is 775. The molecule has 2 aromatic carbocycles. The van der Waals surface area contributed by atoms with E-state index in [0.29, 0.717) is 0 Å². The first-order valence-corrected chi connectivity index (χ1v) is 7.60. The average molecular weight is 277 g/mol. The standard InChI is InChI=1S/C18H19N3/c19-18-15-9-3-1-6-13(15)8-5-11-17(18)21-16-10-4-2-7-14(16)12-20-21/h1-4,6-7,9-10,12,17-18H,5,8,11,19H2. The summed E-state index contributed by atoms with van der Waals surface area (Å²) in [5.41, 5.74) is 10.5. The molecular formula is C18H19N3. The van der Waals surface area contributed by atoms with Crippen LogP contribution in [0.15, 0.2) is 54.7 Å². The molecule has 1 heterocycles. The van der Waals surface area contributed by atoms with Gasteiger partial charge in [0.05, 0.1) is 23.8 Å². The van der Waals surface area contributed by atoms with Gasteiger partial charge in [-0.15, -0.1) is 0 Å². The normalized spacial score (nSPS) is 22.0. The molecule has 21 heavy (non-hydrogen) atoms. The number of aryl methyl sites for hydroxylation is 1. The minimum atomic E-state index is 0.00649. The monoisotopic (exact) mass is 277 g/mol. The van der Waals surface area contributed by atoms with E-state index in [1.54, 1.807) is 0 Å². The Balaban J connectivity index is 1.82. The Hall–Kier alpha value is -2.13. The van der Waals surface area contributed by atoms with Crippen LogP contribution in [0.25, 0.3) is 10.9 Å². The maximum Gasteiger partial charge on any atom is 0.0719 e. The predicted molar refractivity (Wildman–Crippen MR) is 85.1 cm³/mol. The van der Waals surface area contributed by atoms with E-state index in [4.69, 9.17) is 5.73 Å². The Labute approximate surface area is 124 Å². The van der Waals surface area contributed by atoms with Crippen LogP contribution in [0.1, 0.15) is 36.1 Å². The van der Waals surface area contributed by atoms with Gasteiger partial charge in [0.1, 0.15) is 0 Å². The fourth-order valence-corrected chi connectivity index (χ4v) is 3.51. The van der Waals surface area contributed by atoms with Gasteiger partial charge in [-0.25, -0.2) is 0 Å². The summed E-state index contributed by atoms with van der Waals surface area (Å²) in [6, 6.07) is 17.2. The lowest BCUT2D eigenvalue weighted by atomic mass is 9.97. The van der Waals surface area contributed by atoms with Crippen molar-refractivity contribution in [2.45, 2.75) is 31.3 Å². The van der Waals surface area contributed by atoms with Crippen molar-refractivity contribution in [1.82, 2.24) is 9.78 Å². The SMILES string of the molecule is NC1c2ccccc2CCCC1n1ncc2ccccc21. The van der Waals surface area contributed by atoms with Crippen LogP contribution < -0.4 is 5.73 Å². The molecule has 2 atom stereocenters. The first-order valence-electron chi connectivity index (χ1n) is 7.60. The van der Waals surface area contributed by atoms with Gasteiger partial charge in [0, 0.05) is 5.39 Å². The molecule has 0 spiro atoms. The first-order chi connectivity index (χ1) is 10.3. The second-order valence-electron chi connectivity index (χ2n) is 5.83. The van der Waals surface area contributed by atoms with E-state index in [1.165, 1.54) is 22.0 Å². The zero-order valence-corrected chi connectivity index (χ0v) is 11.9. The van der Waals surface area contributed by atoms with Crippen LogP contribution >= 0.6 is 0 Å². The van der Waals surface area contributed by atoms with Crippen molar-refractivity contribution in [3.63, 3.8) is 0 Å². The van der Waals surface area contributed by atoms with Crippen molar-refractivity contribution in [1.29, 1.82) is 0 Å². The van der Waals surface area contributed by atoms with Crippen LogP contribution in [0.5, 0.6) is 0 Å². The number of para-hydroxylation sites is 1. The number of benzene rings is 2. The molecule has 1 aliphatic carbocycles. The lowest BCUT2D eigenvalue weighted by Crippen LogP contribution is -2.25. The fourth-order valence-electron chi connectivity index (χ4n) is 3.51. The molecule has 106 valence electrons. The molecule has 0 amide bonds. The molecule has 2 N–H and O–H groups in total. The van der Waals surface area contributed by atoms with E-state index in [0.717, 1.165) is 19.3 Å². The van der Waals surface area contributed by atoms with Crippen LogP contribution in [-0.4, -0.2) is 9.78 Å². The lowest BCUT2D eigenvalue weighted by molar-refractivity contribution is 0.372. The van der Waals surface area contributed by atoms with Crippen molar-refractivity contribution in [2.24, 2.45) is 5.73 Å². The lowest BCUT2D eigenvalue weighted by Gasteiger charge is -2.24. The minimum Gasteiger partial charge on any atom is -0.322 e. The number of hydrogen-bond donors (Lipinski definition) is 1. The van der Waals surface area contributed by atoms with Crippen molar-refractivity contribution in [2.75, 3.05) is 0 Å². The maximum absolute atomic E-state index is 6.61. The van der Waals surface area contributed by atoms with Crippen LogP contribution in [0.3, 0.4) is 0 Å². The molecule has 1 aromatic heterocycles.